The lowest BCUT2D eigenvalue weighted by Gasteiger charge is -2.28. The van der Waals surface area contributed by atoms with Crippen LogP contribution >= 0.6 is 0 Å². The van der Waals surface area contributed by atoms with E-state index >= 15 is 0 Å². The summed E-state index contributed by atoms with van der Waals surface area (Å²) in [6, 6.07) is 0. The van der Waals surface area contributed by atoms with Crippen molar-refractivity contribution in [3.05, 3.63) is 12.2 Å². The van der Waals surface area contributed by atoms with Gasteiger partial charge < -0.3 is 0 Å². The van der Waals surface area contributed by atoms with Crippen LogP contribution in [0.5, 0.6) is 0 Å². The molecule has 0 radical (unpaired) electrons. The average molecular weight is 174 g/mol. The van der Waals surface area contributed by atoms with E-state index < -0.39 is 11.1 Å². The van der Waals surface area contributed by atoms with Gasteiger partial charge in [0.15, 0.2) is 11.1 Å². The standard InChI is InChI=1S/C8H14O2S/c1-8(2,3)7-5-4-6-11(9)10-7/h4-5,7H,6H2,1-3H3/t7-,11?/m1/s1. The summed E-state index contributed by atoms with van der Waals surface area (Å²) in [5.41, 5.74) is 0.0482. The van der Waals surface area contributed by atoms with E-state index in [-0.39, 0.29) is 11.5 Å². The van der Waals surface area contributed by atoms with Crippen molar-refractivity contribution in [1.82, 2.24) is 0 Å². The molecule has 64 valence electrons. The quantitative estimate of drug-likeness (QED) is 0.522. The molecule has 0 saturated carbocycles. The molecule has 0 aromatic carbocycles. The molecule has 1 rings (SSSR count). The molecule has 0 saturated heterocycles. The molecule has 2 nitrogen and oxygen atoms in total. The molecule has 0 bridgehead atoms. The highest BCUT2D eigenvalue weighted by Gasteiger charge is 2.26. The van der Waals surface area contributed by atoms with E-state index in [1.807, 2.05) is 12.2 Å². The van der Waals surface area contributed by atoms with Crippen LogP contribution in [0.4, 0.5) is 0 Å². The van der Waals surface area contributed by atoms with Crippen LogP contribution in [0.3, 0.4) is 0 Å². The molecule has 0 fully saturated rings. The van der Waals surface area contributed by atoms with Crippen molar-refractivity contribution in [2.75, 3.05) is 5.75 Å². The summed E-state index contributed by atoms with van der Waals surface area (Å²) in [6.07, 6.45) is 3.91. The zero-order valence-electron chi connectivity index (χ0n) is 7.16. The van der Waals surface area contributed by atoms with E-state index in [2.05, 4.69) is 20.8 Å². The fraction of sp³-hybridized carbons (Fsp3) is 0.750. The Balaban J connectivity index is 2.68. The van der Waals surface area contributed by atoms with Gasteiger partial charge in [-0.2, -0.15) is 0 Å². The van der Waals surface area contributed by atoms with Gasteiger partial charge in [0.2, 0.25) is 0 Å². The van der Waals surface area contributed by atoms with Gasteiger partial charge in [0.1, 0.15) is 0 Å². The second-order valence-corrected chi connectivity index (χ2v) is 4.91. The molecule has 1 heterocycles. The fourth-order valence-electron chi connectivity index (χ4n) is 0.878. The maximum atomic E-state index is 11.0. The highest BCUT2D eigenvalue weighted by atomic mass is 32.2. The zero-order valence-corrected chi connectivity index (χ0v) is 7.98. The predicted octanol–water partition coefficient (Wildman–Crippen LogP) is 1.65. The molecular formula is C8H14O2S. The topological polar surface area (TPSA) is 26.3 Å². The van der Waals surface area contributed by atoms with Crippen LogP contribution in [0.2, 0.25) is 0 Å². The van der Waals surface area contributed by atoms with Gasteiger partial charge in [0.25, 0.3) is 0 Å². The van der Waals surface area contributed by atoms with Gasteiger partial charge >= 0.3 is 0 Å². The zero-order chi connectivity index (χ0) is 8.48. The Morgan fingerprint density at radius 3 is 2.55 bits per heavy atom. The van der Waals surface area contributed by atoms with Gasteiger partial charge in [0.05, 0.1) is 11.9 Å². The van der Waals surface area contributed by atoms with Gasteiger partial charge in [0, 0.05) is 0 Å². The molecule has 0 spiro atoms. The minimum absolute atomic E-state index is 0.00270. The maximum absolute atomic E-state index is 11.0. The lowest BCUT2D eigenvalue weighted by Crippen LogP contribution is -2.30. The van der Waals surface area contributed by atoms with Crippen LogP contribution < -0.4 is 0 Å². The van der Waals surface area contributed by atoms with Crippen LogP contribution in [0, 0.1) is 5.41 Å². The van der Waals surface area contributed by atoms with E-state index in [0.29, 0.717) is 5.75 Å². The van der Waals surface area contributed by atoms with Crippen molar-refractivity contribution in [1.29, 1.82) is 0 Å². The second-order valence-electron chi connectivity index (χ2n) is 3.78. The monoisotopic (exact) mass is 174 g/mol. The molecule has 11 heavy (non-hydrogen) atoms. The number of hydrogen-bond acceptors (Lipinski definition) is 2. The van der Waals surface area contributed by atoms with Crippen LogP contribution in [0.1, 0.15) is 20.8 Å². The van der Waals surface area contributed by atoms with Gasteiger partial charge in [-0.1, -0.05) is 32.9 Å². The highest BCUT2D eigenvalue weighted by molar-refractivity contribution is 7.80. The summed E-state index contributed by atoms with van der Waals surface area (Å²) >= 11 is -1.10. The van der Waals surface area contributed by atoms with Gasteiger partial charge in [-0.25, -0.2) is 4.21 Å². The SMILES string of the molecule is CC(C)(C)[C@H]1C=CCS(=O)O1. The minimum Gasteiger partial charge on any atom is -0.282 e. The van der Waals surface area contributed by atoms with Crippen LogP contribution in [-0.2, 0) is 15.3 Å². The third-order valence-corrected chi connectivity index (χ3v) is 2.49. The first-order valence-electron chi connectivity index (χ1n) is 3.72. The summed E-state index contributed by atoms with van der Waals surface area (Å²) in [5.74, 6) is 0.534. The molecule has 0 aromatic heterocycles. The molecular weight excluding hydrogens is 160 g/mol. The minimum atomic E-state index is -1.10. The largest absolute Gasteiger partial charge is 0.282 e. The smallest absolute Gasteiger partial charge is 0.159 e. The predicted molar refractivity (Wildman–Crippen MR) is 46.5 cm³/mol. The lowest BCUT2D eigenvalue weighted by atomic mass is 9.89. The Labute approximate surface area is 70.3 Å². The maximum Gasteiger partial charge on any atom is 0.159 e. The summed E-state index contributed by atoms with van der Waals surface area (Å²) in [6.45, 7) is 6.22. The molecule has 2 atom stereocenters. The molecule has 0 aromatic rings. The highest BCUT2D eigenvalue weighted by Crippen LogP contribution is 2.25. The molecule has 1 aliphatic rings. The first-order valence-corrected chi connectivity index (χ1v) is 4.97. The van der Waals surface area contributed by atoms with E-state index in [4.69, 9.17) is 4.18 Å². The van der Waals surface area contributed by atoms with E-state index in [0.717, 1.165) is 0 Å². The Morgan fingerprint density at radius 1 is 1.55 bits per heavy atom. The molecule has 1 unspecified atom stereocenters. The normalized spacial score (nSPS) is 32.3. The Bertz CT molecular complexity index is 191. The van der Waals surface area contributed by atoms with Crippen LogP contribution in [-0.4, -0.2) is 16.1 Å². The van der Waals surface area contributed by atoms with E-state index in [9.17, 15) is 4.21 Å². The first-order chi connectivity index (χ1) is 5.00. The summed E-state index contributed by atoms with van der Waals surface area (Å²) < 4.78 is 16.2. The molecule has 1 aliphatic heterocycles. The van der Waals surface area contributed by atoms with Crippen molar-refractivity contribution in [2.45, 2.75) is 26.9 Å². The van der Waals surface area contributed by atoms with Gasteiger partial charge in [-0.3, -0.25) is 4.18 Å². The Hall–Kier alpha value is -0.150. The van der Waals surface area contributed by atoms with E-state index in [1.165, 1.54) is 0 Å². The second kappa shape index (κ2) is 3.07. The van der Waals surface area contributed by atoms with Crippen LogP contribution in [0.25, 0.3) is 0 Å². The van der Waals surface area contributed by atoms with Crippen molar-refractivity contribution >= 4 is 11.1 Å². The molecule has 3 heteroatoms. The average Bonchev–Trinajstić information content (AvgIpc) is 1.86. The number of hydrogen-bond donors (Lipinski definition) is 0. The van der Waals surface area contributed by atoms with Crippen molar-refractivity contribution < 1.29 is 8.39 Å². The Kier molecular flexibility index (Phi) is 2.50. The van der Waals surface area contributed by atoms with Crippen molar-refractivity contribution in [3.8, 4) is 0 Å². The fourth-order valence-corrected chi connectivity index (χ4v) is 1.81. The Morgan fingerprint density at radius 2 is 2.18 bits per heavy atom. The first kappa shape index (κ1) is 8.94. The summed E-state index contributed by atoms with van der Waals surface area (Å²) in [7, 11) is 0. The van der Waals surface area contributed by atoms with Gasteiger partial charge in [-0.15, -0.1) is 0 Å². The lowest BCUT2D eigenvalue weighted by molar-refractivity contribution is 0.142. The summed E-state index contributed by atoms with van der Waals surface area (Å²) in [5, 5.41) is 0. The molecule has 0 aliphatic carbocycles. The van der Waals surface area contributed by atoms with Crippen molar-refractivity contribution in [3.63, 3.8) is 0 Å². The van der Waals surface area contributed by atoms with E-state index in [1.54, 1.807) is 0 Å². The molecule has 0 amide bonds. The third kappa shape index (κ3) is 2.42. The summed E-state index contributed by atoms with van der Waals surface area (Å²) in [4.78, 5) is 0. The molecule has 0 N–H and O–H groups in total. The van der Waals surface area contributed by atoms with Gasteiger partial charge in [-0.05, 0) is 5.41 Å². The van der Waals surface area contributed by atoms with Crippen LogP contribution in [0.15, 0.2) is 12.2 Å². The third-order valence-electron chi connectivity index (χ3n) is 1.61. The van der Waals surface area contributed by atoms with Crippen molar-refractivity contribution in [2.24, 2.45) is 5.41 Å². The number of rotatable bonds is 0.